The fourth-order valence-electron chi connectivity index (χ4n) is 2.82. The van der Waals surface area contributed by atoms with E-state index >= 15 is 0 Å². The number of nitrogens with one attached hydrogen (secondary N) is 2. The minimum Gasteiger partial charge on any atom is -0.495 e. The predicted octanol–water partition coefficient (Wildman–Crippen LogP) is 2.09. The molecule has 1 fully saturated rings. The van der Waals surface area contributed by atoms with E-state index in [0.29, 0.717) is 12.0 Å². The molecule has 1 saturated heterocycles. The van der Waals surface area contributed by atoms with E-state index in [2.05, 4.69) is 46.5 Å². The first-order valence-electron chi connectivity index (χ1n) is 7.99. The van der Waals surface area contributed by atoms with Crippen molar-refractivity contribution in [1.29, 1.82) is 0 Å². The molecule has 122 valence electrons. The van der Waals surface area contributed by atoms with E-state index in [4.69, 9.17) is 4.74 Å². The van der Waals surface area contributed by atoms with Gasteiger partial charge in [0.1, 0.15) is 5.75 Å². The van der Waals surface area contributed by atoms with Crippen molar-refractivity contribution < 1.29 is 4.74 Å². The van der Waals surface area contributed by atoms with E-state index in [1.165, 1.54) is 12.1 Å². The van der Waals surface area contributed by atoms with Crippen LogP contribution >= 0.6 is 0 Å². The summed E-state index contributed by atoms with van der Waals surface area (Å²) in [5.41, 5.74) is 1.19. The van der Waals surface area contributed by atoms with Crippen LogP contribution in [0.25, 0.3) is 0 Å². The Morgan fingerprint density at radius 2 is 2.18 bits per heavy atom. The van der Waals surface area contributed by atoms with E-state index in [9.17, 15) is 0 Å². The summed E-state index contributed by atoms with van der Waals surface area (Å²) < 4.78 is 5.47. The van der Waals surface area contributed by atoms with E-state index in [1.54, 1.807) is 7.11 Å². The molecule has 0 aromatic heterocycles. The lowest BCUT2D eigenvalue weighted by Crippen LogP contribution is -2.43. The van der Waals surface area contributed by atoms with E-state index in [1.807, 2.05) is 19.2 Å². The molecule has 1 aliphatic heterocycles. The molecule has 22 heavy (non-hydrogen) atoms. The van der Waals surface area contributed by atoms with Gasteiger partial charge in [-0.1, -0.05) is 12.1 Å². The maximum Gasteiger partial charge on any atom is 0.191 e. The summed E-state index contributed by atoms with van der Waals surface area (Å²) in [6, 6.07) is 8.62. The number of guanidine groups is 1. The minimum absolute atomic E-state index is 0.389. The Morgan fingerprint density at radius 3 is 2.86 bits per heavy atom. The van der Waals surface area contributed by atoms with Gasteiger partial charge in [-0.3, -0.25) is 4.99 Å². The van der Waals surface area contributed by atoms with Gasteiger partial charge in [0, 0.05) is 32.7 Å². The lowest BCUT2D eigenvalue weighted by atomic mass is 10.1. The van der Waals surface area contributed by atoms with Crippen LogP contribution in [0.1, 0.15) is 20.3 Å². The van der Waals surface area contributed by atoms with Crippen LogP contribution in [0.15, 0.2) is 29.3 Å². The molecule has 2 rings (SSSR count). The van der Waals surface area contributed by atoms with Crippen molar-refractivity contribution in [3.8, 4) is 5.75 Å². The van der Waals surface area contributed by atoms with Crippen molar-refractivity contribution in [2.75, 3.05) is 38.7 Å². The van der Waals surface area contributed by atoms with E-state index in [0.717, 1.165) is 31.3 Å². The molecule has 0 aliphatic carbocycles. The van der Waals surface area contributed by atoms with Crippen LogP contribution < -0.4 is 20.3 Å². The van der Waals surface area contributed by atoms with Gasteiger partial charge >= 0.3 is 0 Å². The Hall–Kier alpha value is -1.91. The van der Waals surface area contributed by atoms with Crippen LogP contribution in [0.4, 0.5) is 5.69 Å². The normalized spacial score (nSPS) is 18.7. The van der Waals surface area contributed by atoms with Crippen molar-refractivity contribution in [2.24, 2.45) is 10.9 Å². The molecule has 0 bridgehead atoms. The molecule has 1 aromatic carbocycles. The third-order valence-corrected chi connectivity index (χ3v) is 3.92. The Balaban J connectivity index is 1.88. The molecular weight excluding hydrogens is 276 g/mol. The molecule has 1 atom stereocenters. The van der Waals surface area contributed by atoms with E-state index in [-0.39, 0.29) is 0 Å². The number of para-hydroxylation sites is 2. The summed E-state index contributed by atoms with van der Waals surface area (Å²) in [5, 5.41) is 6.74. The molecule has 0 amide bonds. The molecule has 0 radical (unpaired) electrons. The van der Waals surface area contributed by atoms with Crippen LogP contribution in [-0.4, -0.2) is 45.8 Å². The highest BCUT2D eigenvalue weighted by Crippen LogP contribution is 2.31. The topological polar surface area (TPSA) is 48.9 Å². The van der Waals surface area contributed by atoms with Crippen molar-refractivity contribution in [2.45, 2.75) is 26.3 Å². The second-order valence-electron chi connectivity index (χ2n) is 6.02. The number of nitrogens with zero attached hydrogens (tertiary/aromatic N) is 2. The molecule has 1 heterocycles. The van der Waals surface area contributed by atoms with Crippen LogP contribution in [0.3, 0.4) is 0 Å². The smallest absolute Gasteiger partial charge is 0.191 e. The van der Waals surface area contributed by atoms with Gasteiger partial charge in [0.25, 0.3) is 0 Å². The van der Waals surface area contributed by atoms with Crippen LogP contribution in [0.5, 0.6) is 5.75 Å². The van der Waals surface area contributed by atoms with Crippen molar-refractivity contribution >= 4 is 11.6 Å². The highest BCUT2D eigenvalue weighted by Gasteiger charge is 2.24. The number of aliphatic imine (C=N–C) groups is 1. The lowest BCUT2D eigenvalue weighted by molar-refractivity contribution is 0.414. The molecule has 5 nitrogen and oxygen atoms in total. The van der Waals surface area contributed by atoms with Gasteiger partial charge in [-0.05, 0) is 38.3 Å². The Labute approximate surface area is 133 Å². The summed E-state index contributed by atoms with van der Waals surface area (Å²) in [6.45, 7) is 7.30. The van der Waals surface area contributed by atoms with Gasteiger partial charge in [0.2, 0.25) is 0 Å². The SMILES string of the molecule is CN=C(NCC1CCN(c2ccccc2OC)C1)NC(C)C. The Kier molecular flexibility index (Phi) is 5.92. The zero-order valence-corrected chi connectivity index (χ0v) is 14.1. The summed E-state index contributed by atoms with van der Waals surface area (Å²) in [5.74, 6) is 2.45. The molecular formula is C17H28N4O. The quantitative estimate of drug-likeness (QED) is 0.646. The van der Waals surface area contributed by atoms with Gasteiger partial charge in [-0.2, -0.15) is 0 Å². The Bertz CT molecular complexity index is 501. The van der Waals surface area contributed by atoms with Gasteiger partial charge in [0.05, 0.1) is 12.8 Å². The molecule has 1 aromatic rings. The molecule has 2 N–H and O–H groups in total. The summed E-state index contributed by atoms with van der Waals surface area (Å²) >= 11 is 0. The molecule has 0 spiro atoms. The third-order valence-electron chi connectivity index (χ3n) is 3.92. The van der Waals surface area contributed by atoms with Crippen molar-refractivity contribution in [3.63, 3.8) is 0 Å². The van der Waals surface area contributed by atoms with Crippen molar-refractivity contribution in [3.05, 3.63) is 24.3 Å². The highest BCUT2D eigenvalue weighted by atomic mass is 16.5. The average Bonchev–Trinajstić information content (AvgIpc) is 2.99. The highest BCUT2D eigenvalue weighted by molar-refractivity contribution is 5.79. The zero-order valence-electron chi connectivity index (χ0n) is 14.1. The number of hydrogen-bond donors (Lipinski definition) is 2. The number of hydrogen-bond acceptors (Lipinski definition) is 3. The Morgan fingerprint density at radius 1 is 1.41 bits per heavy atom. The molecule has 0 saturated carbocycles. The molecule has 1 aliphatic rings. The van der Waals surface area contributed by atoms with Crippen LogP contribution in [0.2, 0.25) is 0 Å². The maximum absolute atomic E-state index is 5.47. The first-order valence-corrected chi connectivity index (χ1v) is 7.99. The summed E-state index contributed by atoms with van der Waals surface area (Å²) in [6.07, 6.45) is 1.18. The van der Waals surface area contributed by atoms with Crippen LogP contribution in [-0.2, 0) is 0 Å². The molecule has 5 heteroatoms. The number of rotatable bonds is 5. The molecule has 1 unspecified atom stereocenters. The van der Waals surface area contributed by atoms with Gasteiger partial charge < -0.3 is 20.3 Å². The maximum atomic E-state index is 5.47. The number of ether oxygens (including phenoxy) is 1. The monoisotopic (exact) mass is 304 g/mol. The van der Waals surface area contributed by atoms with Crippen LogP contribution in [0, 0.1) is 5.92 Å². The second kappa shape index (κ2) is 7.92. The zero-order chi connectivity index (χ0) is 15.9. The fraction of sp³-hybridized carbons (Fsp3) is 0.588. The summed E-state index contributed by atoms with van der Waals surface area (Å²) in [4.78, 5) is 6.66. The average molecular weight is 304 g/mol. The lowest BCUT2D eigenvalue weighted by Gasteiger charge is -2.21. The third kappa shape index (κ3) is 4.29. The number of methoxy groups -OCH3 is 1. The van der Waals surface area contributed by atoms with Crippen molar-refractivity contribution in [1.82, 2.24) is 10.6 Å². The predicted molar refractivity (Wildman–Crippen MR) is 92.9 cm³/mol. The van der Waals surface area contributed by atoms with Gasteiger partial charge in [0.15, 0.2) is 5.96 Å². The first-order chi connectivity index (χ1) is 10.6. The van der Waals surface area contributed by atoms with Gasteiger partial charge in [-0.15, -0.1) is 0 Å². The minimum atomic E-state index is 0.389. The standard InChI is InChI=1S/C17H28N4O/c1-13(2)20-17(18-3)19-11-14-9-10-21(12-14)15-7-5-6-8-16(15)22-4/h5-8,13-14H,9-12H2,1-4H3,(H2,18,19,20). The summed E-state index contributed by atoms with van der Waals surface area (Å²) in [7, 11) is 3.54. The first kappa shape index (κ1) is 16.5. The number of anilines is 1. The largest absolute Gasteiger partial charge is 0.495 e. The van der Waals surface area contributed by atoms with E-state index < -0.39 is 0 Å². The van der Waals surface area contributed by atoms with Gasteiger partial charge in [-0.25, -0.2) is 0 Å². The number of benzene rings is 1. The fourth-order valence-corrected chi connectivity index (χ4v) is 2.82. The second-order valence-corrected chi connectivity index (χ2v) is 6.02.